The van der Waals surface area contributed by atoms with Gasteiger partial charge in [-0.2, -0.15) is 0 Å². The second-order valence-electron chi connectivity index (χ2n) is 12.3. The predicted octanol–water partition coefficient (Wildman–Crippen LogP) is 7.87. The number of hydrogen-bond donors (Lipinski definition) is 0. The highest BCUT2D eigenvalue weighted by molar-refractivity contribution is 5.70. The van der Waals surface area contributed by atoms with Crippen molar-refractivity contribution in [2.24, 2.45) is 0 Å². The van der Waals surface area contributed by atoms with Crippen LogP contribution in [0.15, 0.2) is 0 Å². The number of esters is 2. The monoisotopic (exact) mass is 723 g/mol. The Bertz CT molecular complexity index is 651. The third-order valence-corrected chi connectivity index (χ3v) is 7.47. The molecule has 12 heteroatoms. The zero-order valence-electron chi connectivity index (χ0n) is 32.7. The lowest BCUT2D eigenvalue weighted by molar-refractivity contribution is -0.395. The second kappa shape index (κ2) is 34.7. The molecule has 0 aliphatic heterocycles. The number of unbranched alkanes of at least 4 members (excludes halogenated alkanes) is 7. The van der Waals surface area contributed by atoms with Crippen LogP contribution in [0.5, 0.6) is 0 Å². The summed E-state index contributed by atoms with van der Waals surface area (Å²) in [6.45, 7) is 16.4. The minimum atomic E-state index is -1.26. The van der Waals surface area contributed by atoms with Gasteiger partial charge in [0.05, 0.1) is 52.9 Å². The highest BCUT2D eigenvalue weighted by atomic mass is 16.9. The summed E-state index contributed by atoms with van der Waals surface area (Å²) in [6.07, 6.45) is 12.7. The Hall–Kier alpha value is -1.38. The number of carbonyl (C=O) groups excluding carboxylic acids is 2. The van der Waals surface area contributed by atoms with Crippen LogP contribution >= 0.6 is 0 Å². The van der Waals surface area contributed by atoms with Crippen LogP contribution < -0.4 is 0 Å². The highest BCUT2D eigenvalue weighted by Gasteiger charge is 2.35. The van der Waals surface area contributed by atoms with Gasteiger partial charge in [0.15, 0.2) is 0 Å². The van der Waals surface area contributed by atoms with Crippen molar-refractivity contribution >= 4 is 11.9 Å². The van der Waals surface area contributed by atoms with Gasteiger partial charge in [-0.25, -0.2) is 0 Å². The Morgan fingerprint density at radius 3 is 0.860 bits per heavy atom. The fourth-order valence-electron chi connectivity index (χ4n) is 4.24. The summed E-state index contributed by atoms with van der Waals surface area (Å²) in [5.41, 5.74) is 0. The van der Waals surface area contributed by atoms with Gasteiger partial charge in [0.2, 0.25) is 0 Å². The molecule has 0 fully saturated rings. The third-order valence-electron chi connectivity index (χ3n) is 7.47. The highest BCUT2D eigenvalue weighted by Crippen LogP contribution is 2.21. The van der Waals surface area contributed by atoms with E-state index in [1.54, 1.807) is 0 Å². The lowest BCUT2D eigenvalue weighted by atomic mass is 10.2. The second-order valence-corrected chi connectivity index (χ2v) is 12.3. The van der Waals surface area contributed by atoms with E-state index in [9.17, 15) is 9.59 Å². The third kappa shape index (κ3) is 27.3. The first-order chi connectivity index (χ1) is 24.4. The first kappa shape index (κ1) is 48.6. The summed E-state index contributed by atoms with van der Waals surface area (Å²) in [6, 6.07) is 0. The summed E-state index contributed by atoms with van der Waals surface area (Å²) < 4.78 is 58.5. The predicted molar refractivity (Wildman–Crippen MR) is 193 cm³/mol. The minimum Gasteiger partial charge on any atom is -0.463 e. The molecule has 0 aliphatic rings. The Labute approximate surface area is 304 Å². The number of rotatable bonds is 39. The lowest BCUT2D eigenvalue weighted by Gasteiger charge is -2.33. The fraction of sp³-hybridized carbons (Fsp3) is 0.947. The van der Waals surface area contributed by atoms with Crippen LogP contribution in [0, 0.1) is 0 Å². The van der Waals surface area contributed by atoms with Crippen molar-refractivity contribution in [1.82, 2.24) is 0 Å². The molecule has 0 aromatic heterocycles. The first-order valence-corrected chi connectivity index (χ1v) is 19.7. The van der Waals surface area contributed by atoms with Crippen molar-refractivity contribution in [2.75, 3.05) is 79.3 Å². The van der Waals surface area contributed by atoms with Crippen LogP contribution in [-0.2, 0) is 57.0 Å². The van der Waals surface area contributed by atoms with Crippen LogP contribution in [-0.4, -0.2) is 103 Å². The standard InChI is InChI=1S/C38H74O12/c1-7-13-23-45-37(46-24-14-8-2,47-25-15-9-3)33-41-29-31-43-35(39)21-19-20-22-36(40)44-32-30-42-34-38(48-26-16-10-4,49-27-17-11-5)50-28-18-12-6/h7-34H2,1-6H3. The van der Waals surface area contributed by atoms with Crippen LogP contribution in [0.25, 0.3) is 0 Å². The molecule has 0 aromatic carbocycles. The van der Waals surface area contributed by atoms with E-state index in [2.05, 4.69) is 41.5 Å². The van der Waals surface area contributed by atoms with Crippen LogP contribution in [0.2, 0.25) is 0 Å². The largest absolute Gasteiger partial charge is 0.463 e. The number of carbonyl (C=O) groups is 2. The van der Waals surface area contributed by atoms with Gasteiger partial charge in [-0.3, -0.25) is 9.59 Å². The Kier molecular flexibility index (Phi) is 33.7. The Morgan fingerprint density at radius 2 is 0.620 bits per heavy atom. The average Bonchev–Trinajstić information content (AvgIpc) is 3.10. The number of hydrogen-bond acceptors (Lipinski definition) is 12. The zero-order chi connectivity index (χ0) is 37.0. The van der Waals surface area contributed by atoms with Gasteiger partial charge in [0.1, 0.15) is 26.4 Å². The SMILES string of the molecule is CCCCOC(COCCOC(=O)CCCCC(=O)OCCOCC(OCCCC)(OCCCC)OCCCC)(OCCCC)OCCCC. The molecule has 0 unspecified atom stereocenters. The van der Waals surface area contributed by atoms with Crippen LogP contribution in [0.4, 0.5) is 0 Å². The van der Waals surface area contributed by atoms with E-state index in [1.165, 1.54) is 0 Å². The van der Waals surface area contributed by atoms with E-state index in [-0.39, 0.29) is 64.4 Å². The topological polar surface area (TPSA) is 126 Å². The first-order valence-electron chi connectivity index (χ1n) is 19.7. The molecule has 0 bridgehead atoms. The van der Waals surface area contributed by atoms with Crippen LogP contribution in [0.3, 0.4) is 0 Å². The molecular weight excluding hydrogens is 648 g/mol. The zero-order valence-corrected chi connectivity index (χ0v) is 32.7. The fourth-order valence-corrected chi connectivity index (χ4v) is 4.24. The summed E-state index contributed by atoms with van der Waals surface area (Å²) in [7, 11) is 0. The molecule has 0 atom stereocenters. The molecule has 0 saturated heterocycles. The number of ether oxygens (including phenoxy) is 10. The van der Waals surface area contributed by atoms with Crippen molar-refractivity contribution in [3.8, 4) is 0 Å². The van der Waals surface area contributed by atoms with Crippen molar-refractivity contribution in [1.29, 1.82) is 0 Å². The van der Waals surface area contributed by atoms with Crippen molar-refractivity contribution in [3.05, 3.63) is 0 Å². The van der Waals surface area contributed by atoms with Crippen molar-refractivity contribution < 1.29 is 57.0 Å². The van der Waals surface area contributed by atoms with E-state index in [4.69, 9.17) is 47.4 Å². The summed E-state index contributed by atoms with van der Waals surface area (Å²) >= 11 is 0. The maximum Gasteiger partial charge on any atom is 0.307 e. The molecular formula is C38H74O12. The van der Waals surface area contributed by atoms with Gasteiger partial charge >= 0.3 is 23.9 Å². The smallest absolute Gasteiger partial charge is 0.307 e. The summed E-state index contributed by atoms with van der Waals surface area (Å²) in [4.78, 5) is 24.5. The molecule has 0 aromatic rings. The molecule has 50 heavy (non-hydrogen) atoms. The maximum absolute atomic E-state index is 12.2. The average molecular weight is 723 g/mol. The van der Waals surface area contributed by atoms with Crippen molar-refractivity contribution in [3.63, 3.8) is 0 Å². The normalized spacial score (nSPS) is 12.0. The molecule has 298 valence electrons. The van der Waals surface area contributed by atoms with E-state index in [0.29, 0.717) is 52.5 Å². The molecule has 0 saturated carbocycles. The van der Waals surface area contributed by atoms with Gasteiger partial charge in [0, 0.05) is 12.8 Å². The molecule has 0 amide bonds. The maximum atomic E-state index is 12.2. The molecule has 0 aliphatic carbocycles. The van der Waals surface area contributed by atoms with Crippen molar-refractivity contribution in [2.45, 2.75) is 156 Å². The van der Waals surface area contributed by atoms with E-state index >= 15 is 0 Å². The van der Waals surface area contributed by atoms with Crippen LogP contribution in [0.1, 0.15) is 144 Å². The molecule has 0 rings (SSSR count). The van der Waals surface area contributed by atoms with Gasteiger partial charge in [0.25, 0.3) is 0 Å². The Morgan fingerprint density at radius 1 is 0.360 bits per heavy atom. The molecule has 0 heterocycles. The molecule has 12 nitrogen and oxygen atoms in total. The quantitative estimate of drug-likeness (QED) is 0.0348. The van der Waals surface area contributed by atoms with E-state index in [1.807, 2.05) is 0 Å². The molecule has 0 radical (unpaired) electrons. The molecule has 0 spiro atoms. The van der Waals surface area contributed by atoms with E-state index in [0.717, 1.165) is 77.0 Å². The Balaban J connectivity index is 4.42. The molecule has 0 N–H and O–H groups in total. The minimum absolute atomic E-state index is 0.0852. The summed E-state index contributed by atoms with van der Waals surface area (Å²) in [5, 5.41) is 0. The van der Waals surface area contributed by atoms with Gasteiger partial charge in [-0.1, -0.05) is 80.1 Å². The lowest BCUT2D eigenvalue weighted by Crippen LogP contribution is -2.45. The van der Waals surface area contributed by atoms with Gasteiger partial charge in [-0.05, 0) is 51.4 Å². The van der Waals surface area contributed by atoms with Gasteiger partial charge < -0.3 is 47.4 Å². The van der Waals surface area contributed by atoms with Gasteiger partial charge in [-0.15, -0.1) is 0 Å². The van der Waals surface area contributed by atoms with E-state index < -0.39 is 11.9 Å². The summed E-state index contributed by atoms with van der Waals surface area (Å²) in [5.74, 6) is -3.21.